The largest absolute Gasteiger partial charge is 0.493 e. The Bertz CT molecular complexity index is 1210. The quantitative estimate of drug-likeness (QED) is 0.630. The van der Waals surface area contributed by atoms with E-state index in [2.05, 4.69) is 0 Å². The number of benzene rings is 2. The number of alkyl halides is 2. The Kier molecular flexibility index (Phi) is 4.37. The Morgan fingerprint density at radius 2 is 1.62 bits per heavy atom. The number of para-hydroxylation sites is 1. The van der Waals surface area contributed by atoms with Gasteiger partial charge in [-0.3, -0.25) is 0 Å². The molecule has 0 amide bonds. The van der Waals surface area contributed by atoms with Crippen LogP contribution in [0.25, 0.3) is 5.69 Å². The number of ether oxygens (including phenoxy) is 2. The summed E-state index contributed by atoms with van der Waals surface area (Å²) in [7, 11) is 2.92. The van der Waals surface area contributed by atoms with E-state index in [-0.39, 0.29) is 10.4 Å². The molecule has 150 valence electrons. The molecular formula is C20H17F2N3O4. The number of halogens is 2. The maximum absolute atomic E-state index is 14.6. The third-order valence-electron chi connectivity index (χ3n) is 4.76. The number of allylic oxidation sites excluding steroid dienone is 2. The van der Waals surface area contributed by atoms with Gasteiger partial charge in [0, 0.05) is 6.08 Å². The minimum absolute atomic E-state index is 0.184. The Morgan fingerprint density at radius 1 is 0.931 bits per heavy atom. The molecule has 7 nitrogen and oxygen atoms in total. The third kappa shape index (κ3) is 2.86. The van der Waals surface area contributed by atoms with E-state index in [9.17, 15) is 18.4 Å². The summed E-state index contributed by atoms with van der Waals surface area (Å²) in [4.78, 5) is 25.9. The summed E-state index contributed by atoms with van der Waals surface area (Å²) in [5.41, 5.74) is -1.31. The lowest BCUT2D eigenvalue weighted by Crippen LogP contribution is -2.42. The van der Waals surface area contributed by atoms with E-state index in [1.165, 1.54) is 32.4 Å². The molecule has 0 saturated heterocycles. The monoisotopic (exact) mass is 401 g/mol. The fourth-order valence-corrected chi connectivity index (χ4v) is 3.42. The molecule has 2 heterocycles. The second-order valence-electron chi connectivity index (χ2n) is 6.40. The Hall–Kier alpha value is -3.62. The molecule has 3 aromatic rings. The number of methoxy groups -OCH3 is 2. The average Bonchev–Trinajstić information content (AvgIpc) is 3.00. The number of rotatable bonds is 4. The van der Waals surface area contributed by atoms with E-state index in [1.807, 2.05) is 0 Å². The van der Waals surface area contributed by atoms with Crippen LogP contribution in [0.1, 0.15) is 11.6 Å². The lowest BCUT2D eigenvalue weighted by atomic mass is 10.0. The van der Waals surface area contributed by atoms with E-state index in [0.29, 0.717) is 23.1 Å². The van der Waals surface area contributed by atoms with Crippen LogP contribution >= 0.6 is 0 Å². The number of hydrogen-bond donors (Lipinski definition) is 0. The van der Waals surface area contributed by atoms with Crippen molar-refractivity contribution in [2.75, 3.05) is 14.2 Å². The molecule has 1 unspecified atom stereocenters. The molecule has 4 rings (SSSR count). The van der Waals surface area contributed by atoms with Crippen LogP contribution in [0.2, 0.25) is 0 Å². The molecule has 0 spiro atoms. The molecule has 0 saturated carbocycles. The molecule has 1 aliphatic heterocycles. The Balaban J connectivity index is 1.97. The zero-order valence-electron chi connectivity index (χ0n) is 15.6. The van der Waals surface area contributed by atoms with Crippen molar-refractivity contribution in [1.29, 1.82) is 0 Å². The van der Waals surface area contributed by atoms with Gasteiger partial charge < -0.3 is 9.47 Å². The van der Waals surface area contributed by atoms with Crippen molar-refractivity contribution >= 4 is 0 Å². The van der Waals surface area contributed by atoms with Crippen molar-refractivity contribution in [2.45, 2.75) is 12.1 Å². The summed E-state index contributed by atoms with van der Waals surface area (Å²) >= 11 is 0. The predicted octanol–water partition coefficient (Wildman–Crippen LogP) is 2.53. The lowest BCUT2D eigenvalue weighted by Gasteiger charge is -2.26. The van der Waals surface area contributed by atoms with Crippen molar-refractivity contribution in [1.82, 2.24) is 13.9 Å². The van der Waals surface area contributed by atoms with Gasteiger partial charge in [-0.2, -0.15) is 13.5 Å². The van der Waals surface area contributed by atoms with Crippen LogP contribution in [0.4, 0.5) is 8.78 Å². The minimum Gasteiger partial charge on any atom is -0.493 e. The molecule has 1 atom stereocenters. The summed E-state index contributed by atoms with van der Waals surface area (Å²) in [5, 5.41) is 0. The van der Waals surface area contributed by atoms with Crippen LogP contribution in [0.15, 0.2) is 70.3 Å². The minimum atomic E-state index is -3.65. The summed E-state index contributed by atoms with van der Waals surface area (Å²) < 4.78 is 41.3. The maximum atomic E-state index is 14.6. The van der Waals surface area contributed by atoms with Crippen LogP contribution in [-0.2, 0) is 6.05 Å². The molecule has 2 aromatic carbocycles. The first-order valence-corrected chi connectivity index (χ1v) is 8.70. The number of fused-ring (bicyclic) bond motifs is 1. The van der Waals surface area contributed by atoms with Crippen LogP contribution in [-0.4, -0.2) is 28.2 Å². The second-order valence-corrected chi connectivity index (χ2v) is 6.40. The maximum Gasteiger partial charge on any atom is 0.366 e. The normalized spacial score (nSPS) is 17.0. The topological polar surface area (TPSA) is 67.4 Å². The van der Waals surface area contributed by atoms with Gasteiger partial charge in [0.05, 0.1) is 25.9 Å². The first-order valence-electron chi connectivity index (χ1n) is 8.70. The van der Waals surface area contributed by atoms with E-state index in [4.69, 9.17) is 9.47 Å². The molecule has 0 aliphatic carbocycles. The molecule has 1 aromatic heterocycles. The van der Waals surface area contributed by atoms with Crippen molar-refractivity contribution in [3.8, 4) is 17.2 Å². The second kappa shape index (κ2) is 6.77. The number of nitrogens with zero attached hydrogens (tertiary/aromatic N) is 3. The molecule has 9 heteroatoms. The number of hydrogen-bond acceptors (Lipinski definition) is 4. The zero-order valence-corrected chi connectivity index (χ0v) is 15.6. The van der Waals surface area contributed by atoms with Gasteiger partial charge in [0.25, 0.3) is 0 Å². The van der Waals surface area contributed by atoms with Crippen LogP contribution in [0.5, 0.6) is 11.5 Å². The van der Waals surface area contributed by atoms with Gasteiger partial charge in [-0.15, -0.1) is 0 Å². The fourth-order valence-electron chi connectivity index (χ4n) is 3.42. The molecule has 0 bridgehead atoms. The smallest absolute Gasteiger partial charge is 0.366 e. The Morgan fingerprint density at radius 3 is 2.28 bits per heavy atom. The van der Waals surface area contributed by atoms with Gasteiger partial charge in [0.15, 0.2) is 11.5 Å². The van der Waals surface area contributed by atoms with Crippen LogP contribution < -0.4 is 20.9 Å². The highest BCUT2D eigenvalue weighted by molar-refractivity contribution is 5.45. The van der Waals surface area contributed by atoms with Gasteiger partial charge in [-0.05, 0) is 29.8 Å². The molecule has 0 radical (unpaired) electrons. The Labute approximate surface area is 163 Å². The first kappa shape index (κ1) is 18.7. The van der Waals surface area contributed by atoms with Gasteiger partial charge in [-0.25, -0.2) is 18.8 Å². The van der Waals surface area contributed by atoms with E-state index in [1.54, 1.807) is 36.4 Å². The standard InChI is InChI=1S/C20H17F2N3O4/c1-28-16-9-8-13(12-17(16)29-2)15-10-11-20(21,22)25-19(27)23(18(26)24(15)25)14-6-4-3-5-7-14/h3-12,15H,1-2H3. The summed E-state index contributed by atoms with van der Waals surface area (Å²) in [6.45, 7) is 0. The predicted molar refractivity (Wildman–Crippen MR) is 101 cm³/mol. The first-order chi connectivity index (χ1) is 13.9. The van der Waals surface area contributed by atoms with Gasteiger partial charge in [-0.1, -0.05) is 30.3 Å². The van der Waals surface area contributed by atoms with E-state index in [0.717, 1.165) is 9.25 Å². The third-order valence-corrected chi connectivity index (χ3v) is 4.76. The highest BCUT2D eigenvalue weighted by atomic mass is 19.3. The average molecular weight is 401 g/mol. The van der Waals surface area contributed by atoms with Crippen molar-refractivity contribution < 1.29 is 18.3 Å². The van der Waals surface area contributed by atoms with E-state index >= 15 is 0 Å². The molecule has 29 heavy (non-hydrogen) atoms. The fraction of sp³-hybridized carbons (Fsp3) is 0.200. The van der Waals surface area contributed by atoms with E-state index < -0.39 is 23.5 Å². The number of aromatic nitrogens is 3. The van der Waals surface area contributed by atoms with Crippen molar-refractivity contribution in [3.05, 3.63) is 87.2 Å². The summed E-state index contributed by atoms with van der Waals surface area (Å²) in [5.74, 6) is 0.827. The summed E-state index contributed by atoms with van der Waals surface area (Å²) in [6, 6.07) is 8.18. The van der Waals surface area contributed by atoms with Crippen molar-refractivity contribution in [3.63, 3.8) is 0 Å². The molecule has 1 aliphatic rings. The van der Waals surface area contributed by atoms with Crippen LogP contribution in [0, 0.1) is 0 Å². The highest BCUT2D eigenvalue weighted by Crippen LogP contribution is 2.35. The van der Waals surface area contributed by atoms with Crippen LogP contribution in [0.3, 0.4) is 0 Å². The molecule has 0 fully saturated rings. The highest BCUT2D eigenvalue weighted by Gasteiger charge is 2.41. The zero-order chi connectivity index (χ0) is 20.8. The van der Waals surface area contributed by atoms with Crippen molar-refractivity contribution in [2.24, 2.45) is 0 Å². The van der Waals surface area contributed by atoms with Gasteiger partial charge in [0.1, 0.15) is 0 Å². The molecular weight excluding hydrogens is 384 g/mol. The lowest BCUT2D eigenvalue weighted by molar-refractivity contribution is -0.0620. The molecule has 0 N–H and O–H groups in total. The SMILES string of the molecule is COc1ccc(C2C=CC(F)(F)n3c(=O)n(-c4ccccc4)c(=O)n32)cc1OC. The van der Waals surface area contributed by atoms with Gasteiger partial charge in [0.2, 0.25) is 0 Å². The summed E-state index contributed by atoms with van der Waals surface area (Å²) in [6.07, 6.45) is 1.81. The van der Waals surface area contributed by atoms with Gasteiger partial charge >= 0.3 is 17.4 Å².